The van der Waals surface area contributed by atoms with Crippen molar-refractivity contribution >= 4 is 22.5 Å². The van der Waals surface area contributed by atoms with Crippen molar-refractivity contribution in [3.8, 4) is 11.3 Å². The number of aromatic nitrogens is 4. The number of fused-ring (bicyclic) bond motifs is 2. The molecule has 1 aliphatic heterocycles. The summed E-state index contributed by atoms with van der Waals surface area (Å²) in [6.45, 7) is 0.676. The zero-order valence-corrected chi connectivity index (χ0v) is 14.0. The molecule has 0 saturated heterocycles. The molecule has 4 aromatic rings. The molecule has 26 heavy (non-hydrogen) atoms. The van der Waals surface area contributed by atoms with Gasteiger partial charge in [-0.3, -0.25) is 9.89 Å². The highest BCUT2D eigenvalue weighted by Crippen LogP contribution is 2.29. The summed E-state index contributed by atoms with van der Waals surface area (Å²) in [5.41, 5.74) is 4.59. The molecule has 0 aliphatic carbocycles. The number of carbonyl (C=O) groups is 1. The minimum absolute atomic E-state index is 0.0389. The first-order chi connectivity index (χ1) is 12.8. The molecule has 0 saturated carbocycles. The van der Waals surface area contributed by atoms with Gasteiger partial charge in [0.05, 0.1) is 30.3 Å². The smallest absolute Gasteiger partial charge is 0.229 e. The van der Waals surface area contributed by atoms with Gasteiger partial charge in [0.15, 0.2) is 0 Å². The van der Waals surface area contributed by atoms with Crippen LogP contribution in [0.4, 0.5) is 5.69 Å². The van der Waals surface area contributed by atoms with Gasteiger partial charge in [-0.05, 0) is 37.1 Å². The van der Waals surface area contributed by atoms with Crippen LogP contribution in [0.1, 0.15) is 12.1 Å². The number of aromatic amines is 1. The van der Waals surface area contributed by atoms with Crippen LogP contribution in [0.3, 0.4) is 0 Å². The predicted octanol–water partition coefficient (Wildman–Crippen LogP) is 3.22. The molecule has 1 atom stereocenters. The molecule has 2 N–H and O–H groups in total. The molecule has 0 bridgehead atoms. The fourth-order valence-corrected chi connectivity index (χ4v) is 3.54. The molecule has 130 valence electrons. The molecule has 1 aliphatic rings. The fourth-order valence-electron chi connectivity index (χ4n) is 3.54. The maximum Gasteiger partial charge on any atom is 0.229 e. The summed E-state index contributed by atoms with van der Waals surface area (Å²) >= 11 is 0. The van der Waals surface area contributed by atoms with E-state index in [9.17, 15) is 4.79 Å². The predicted molar refractivity (Wildman–Crippen MR) is 96.5 cm³/mol. The van der Waals surface area contributed by atoms with E-state index in [0.29, 0.717) is 6.54 Å². The van der Waals surface area contributed by atoms with Crippen LogP contribution in [0.2, 0.25) is 0 Å². The van der Waals surface area contributed by atoms with Gasteiger partial charge in [-0.2, -0.15) is 5.10 Å². The summed E-state index contributed by atoms with van der Waals surface area (Å²) in [6, 6.07) is 7.63. The molecule has 7 heteroatoms. The van der Waals surface area contributed by atoms with E-state index in [2.05, 4.69) is 25.1 Å². The third-order valence-electron chi connectivity index (χ3n) is 4.96. The molecule has 0 spiro atoms. The number of amides is 1. The molecule has 0 radical (unpaired) electrons. The van der Waals surface area contributed by atoms with Crippen molar-refractivity contribution in [1.29, 1.82) is 0 Å². The second-order valence-corrected chi connectivity index (χ2v) is 6.61. The number of benzene rings is 1. The standard InChI is InChI=1S/C19H17N5O2/c25-19(12-1-3-15-8-20-11-24(15)9-12)21-14-2-4-17-16(7-14)18(23-22-17)13-5-6-26-10-13/h2,4-8,10-12H,1,3,9H2,(H,21,25)(H,22,23)/t12-/m0/s1. The Morgan fingerprint density at radius 1 is 1.35 bits per heavy atom. The lowest BCUT2D eigenvalue weighted by Crippen LogP contribution is -2.30. The summed E-state index contributed by atoms with van der Waals surface area (Å²) < 4.78 is 7.21. The molecule has 1 amide bonds. The van der Waals surface area contributed by atoms with E-state index >= 15 is 0 Å². The molecular weight excluding hydrogens is 330 g/mol. The summed E-state index contributed by atoms with van der Waals surface area (Å²) in [7, 11) is 0. The zero-order chi connectivity index (χ0) is 17.5. The van der Waals surface area contributed by atoms with Gasteiger partial charge in [0.1, 0.15) is 5.69 Å². The van der Waals surface area contributed by atoms with Crippen LogP contribution in [-0.4, -0.2) is 25.7 Å². The number of H-pyrrole nitrogens is 1. The maximum atomic E-state index is 12.7. The molecule has 3 aromatic heterocycles. The normalized spacial score (nSPS) is 16.5. The van der Waals surface area contributed by atoms with Gasteiger partial charge in [-0.25, -0.2) is 4.98 Å². The fraction of sp³-hybridized carbons (Fsp3) is 0.211. The monoisotopic (exact) mass is 347 g/mol. The third kappa shape index (κ3) is 2.48. The number of anilines is 1. The quantitative estimate of drug-likeness (QED) is 0.595. The van der Waals surface area contributed by atoms with Crippen molar-refractivity contribution in [3.05, 3.63) is 55.0 Å². The SMILES string of the molecule is O=C(Nc1ccc2[nH]nc(-c3ccoc3)c2c1)[C@H]1CCc2cncn2C1. The van der Waals surface area contributed by atoms with Crippen molar-refractivity contribution in [1.82, 2.24) is 19.7 Å². The van der Waals surface area contributed by atoms with Gasteiger partial charge in [0.25, 0.3) is 0 Å². The van der Waals surface area contributed by atoms with Crippen LogP contribution < -0.4 is 5.32 Å². The summed E-state index contributed by atoms with van der Waals surface area (Å²) in [5.74, 6) is -0.0119. The van der Waals surface area contributed by atoms with E-state index in [-0.39, 0.29) is 11.8 Å². The zero-order valence-electron chi connectivity index (χ0n) is 14.0. The van der Waals surface area contributed by atoms with Crippen molar-refractivity contribution in [2.45, 2.75) is 19.4 Å². The second-order valence-electron chi connectivity index (χ2n) is 6.61. The molecule has 0 fully saturated rings. The van der Waals surface area contributed by atoms with Crippen LogP contribution in [0.5, 0.6) is 0 Å². The van der Waals surface area contributed by atoms with Gasteiger partial charge >= 0.3 is 0 Å². The average molecular weight is 347 g/mol. The van der Waals surface area contributed by atoms with Gasteiger partial charge in [0, 0.05) is 35.1 Å². The van der Waals surface area contributed by atoms with Gasteiger partial charge in [-0.1, -0.05) is 0 Å². The highest BCUT2D eigenvalue weighted by Gasteiger charge is 2.24. The maximum absolute atomic E-state index is 12.7. The van der Waals surface area contributed by atoms with Crippen molar-refractivity contribution in [3.63, 3.8) is 0 Å². The van der Waals surface area contributed by atoms with Gasteiger partial charge in [0.2, 0.25) is 5.91 Å². The lowest BCUT2D eigenvalue weighted by Gasteiger charge is -2.23. The van der Waals surface area contributed by atoms with E-state index in [4.69, 9.17) is 4.42 Å². The van der Waals surface area contributed by atoms with Crippen molar-refractivity contribution in [2.75, 3.05) is 5.32 Å². The van der Waals surface area contributed by atoms with Crippen LogP contribution in [0.15, 0.2) is 53.7 Å². The van der Waals surface area contributed by atoms with Crippen LogP contribution >= 0.6 is 0 Å². The molecule has 5 rings (SSSR count). The number of nitrogens with one attached hydrogen (secondary N) is 2. The van der Waals surface area contributed by atoms with Crippen molar-refractivity contribution < 1.29 is 9.21 Å². The lowest BCUT2D eigenvalue weighted by atomic mass is 9.97. The number of carbonyl (C=O) groups excluding carboxylic acids is 1. The first-order valence-electron chi connectivity index (χ1n) is 8.58. The molecule has 7 nitrogen and oxygen atoms in total. The number of hydrogen-bond donors (Lipinski definition) is 2. The van der Waals surface area contributed by atoms with E-state index in [0.717, 1.165) is 40.7 Å². The number of imidazole rings is 1. The van der Waals surface area contributed by atoms with Crippen molar-refractivity contribution in [2.24, 2.45) is 5.92 Å². The summed E-state index contributed by atoms with van der Waals surface area (Å²) in [6.07, 6.45) is 8.66. The second kappa shape index (κ2) is 5.87. The topological polar surface area (TPSA) is 88.7 Å². The summed E-state index contributed by atoms with van der Waals surface area (Å²) in [4.78, 5) is 16.9. The minimum Gasteiger partial charge on any atom is -0.472 e. The van der Waals surface area contributed by atoms with Crippen LogP contribution in [-0.2, 0) is 17.8 Å². The largest absolute Gasteiger partial charge is 0.472 e. The number of furan rings is 1. The molecular formula is C19H17N5O2. The Balaban J connectivity index is 1.39. The Morgan fingerprint density at radius 2 is 2.31 bits per heavy atom. The average Bonchev–Trinajstić information content (AvgIpc) is 3.40. The number of aryl methyl sites for hydroxylation is 1. The number of hydrogen-bond acceptors (Lipinski definition) is 4. The molecule has 1 aromatic carbocycles. The van der Waals surface area contributed by atoms with E-state index in [1.54, 1.807) is 18.9 Å². The summed E-state index contributed by atoms with van der Waals surface area (Å²) in [5, 5.41) is 11.4. The minimum atomic E-state index is -0.0508. The third-order valence-corrected chi connectivity index (χ3v) is 4.96. The first kappa shape index (κ1) is 14.9. The van der Waals surface area contributed by atoms with Crippen LogP contribution in [0.25, 0.3) is 22.2 Å². The Labute approximate surface area is 149 Å². The Hall–Kier alpha value is -3.35. The Bertz CT molecular complexity index is 1080. The number of rotatable bonds is 3. The van der Waals surface area contributed by atoms with Gasteiger partial charge < -0.3 is 14.3 Å². The lowest BCUT2D eigenvalue weighted by molar-refractivity contribution is -0.120. The molecule has 4 heterocycles. The van der Waals surface area contributed by atoms with E-state index in [1.165, 1.54) is 5.69 Å². The molecule has 0 unspecified atom stereocenters. The first-order valence-corrected chi connectivity index (χ1v) is 8.58. The van der Waals surface area contributed by atoms with Gasteiger partial charge in [-0.15, -0.1) is 0 Å². The van der Waals surface area contributed by atoms with E-state index in [1.807, 2.05) is 30.5 Å². The van der Waals surface area contributed by atoms with Crippen LogP contribution in [0, 0.1) is 5.92 Å². The Kier molecular flexibility index (Phi) is 3.38. The van der Waals surface area contributed by atoms with E-state index < -0.39 is 0 Å². The number of nitrogens with zero attached hydrogens (tertiary/aromatic N) is 3. The Morgan fingerprint density at radius 3 is 3.19 bits per heavy atom. The highest BCUT2D eigenvalue weighted by molar-refractivity contribution is 5.98. The highest BCUT2D eigenvalue weighted by atomic mass is 16.3.